The van der Waals surface area contributed by atoms with E-state index in [-0.39, 0.29) is 18.5 Å². The molecule has 26 heavy (non-hydrogen) atoms. The van der Waals surface area contributed by atoms with Gasteiger partial charge in [-0.15, -0.1) is 0 Å². The Bertz CT molecular complexity index is 885. The van der Waals surface area contributed by atoms with Gasteiger partial charge in [0.25, 0.3) is 0 Å². The lowest BCUT2D eigenvalue weighted by atomic mass is 10.1. The third-order valence-electron chi connectivity index (χ3n) is 4.81. The van der Waals surface area contributed by atoms with Crippen LogP contribution in [-0.2, 0) is 14.8 Å². The maximum absolute atomic E-state index is 12.5. The second-order valence-electron chi connectivity index (χ2n) is 6.91. The number of amides is 1. The van der Waals surface area contributed by atoms with E-state index in [1.54, 1.807) is 6.07 Å². The lowest BCUT2D eigenvalue weighted by molar-refractivity contribution is -0.120. The highest BCUT2D eigenvalue weighted by Crippen LogP contribution is 2.28. The Labute approximate surface area is 154 Å². The van der Waals surface area contributed by atoms with Gasteiger partial charge in [0.2, 0.25) is 15.9 Å². The predicted octanol–water partition coefficient (Wildman–Crippen LogP) is 1.82. The van der Waals surface area contributed by atoms with Crippen LogP contribution in [-0.4, -0.2) is 58.2 Å². The van der Waals surface area contributed by atoms with Gasteiger partial charge in [-0.2, -0.15) is 0 Å². The zero-order chi connectivity index (χ0) is 18.7. The topological polar surface area (TPSA) is 69.7 Å². The molecule has 3 rings (SSSR count). The number of sulfonamides is 1. The molecule has 1 aliphatic rings. The average molecular weight is 375 g/mol. The van der Waals surface area contributed by atoms with Crippen LogP contribution in [0, 0.1) is 0 Å². The predicted molar refractivity (Wildman–Crippen MR) is 105 cm³/mol. The molecule has 140 valence electrons. The van der Waals surface area contributed by atoms with Crippen molar-refractivity contribution in [2.24, 2.45) is 0 Å². The smallest absolute Gasteiger partial charge is 0.240 e. The summed E-state index contributed by atoms with van der Waals surface area (Å²) >= 11 is 0. The Morgan fingerprint density at radius 1 is 1.15 bits per heavy atom. The number of nitrogens with zero attached hydrogens (tertiary/aromatic N) is 2. The molecule has 7 heteroatoms. The third-order valence-corrected chi connectivity index (χ3v) is 5.93. The van der Waals surface area contributed by atoms with E-state index in [9.17, 15) is 13.2 Å². The number of fused-ring (bicyclic) bond motifs is 1. The molecular formula is C19H25N3O3S. The normalized spacial score (nSPS) is 16.5. The van der Waals surface area contributed by atoms with Crippen LogP contribution in [0.15, 0.2) is 42.5 Å². The van der Waals surface area contributed by atoms with Gasteiger partial charge in [0.05, 0.1) is 11.9 Å². The Morgan fingerprint density at radius 2 is 1.81 bits per heavy atom. The Morgan fingerprint density at radius 3 is 2.50 bits per heavy atom. The molecule has 0 aromatic heterocycles. The number of likely N-dealkylation sites (tertiary alicyclic amines) is 1. The van der Waals surface area contributed by atoms with Gasteiger partial charge in [-0.05, 0) is 44.4 Å². The molecular weight excluding hydrogens is 350 g/mol. The Balaban J connectivity index is 1.82. The van der Waals surface area contributed by atoms with Crippen molar-refractivity contribution in [3.05, 3.63) is 42.5 Å². The molecule has 6 nitrogen and oxygen atoms in total. The van der Waals surface area contributed by atoms with Crippen molar-refractivity contribution < 1.29 is 13.2 Å². The number of hydrogen-bond acceptors (Lipinski definition) is 4. The number of hydrogen-bond donors (Lipinski definition) is 1. The van der Waals surface area contributed by atoms with Gasteiger partial charge in [0, 0.05) is 11.4 Å². The average Bonchev–Trinajstić information content (AvgIpc) is 2.60. The minimum absolute atomic E-state index is 0.104. The molecule has 1 N–H and O–H groups in total. The third kappa shape index (κ3) is 4.34. The van der Waals surface area contributed by atoms with Crippen LogP contribution in [0.5, 0.6) is 0 Å². The molecule has 1 fully saturated rings. The molecule has 1 saturated heterocycles. The van der Waals surface area contributed by atoms with Crippen molar-refractivity contribution >= 4 is 32.4 Å². The fourth-order valence-corrected chi connectivity index (χ4v) is 4.23. The quantitative estimate of drug-likeness (QED) is 0.865. The summed E-state index contributed by atoms with van der Waals surface area (Å²) in [7, 11) is -1.53. The fourth-order valence-electron chi connectivity index (χ4n) is 3.36. The molecule has 2 aromatic carbocycles. The molecule has 0 saturated carbocycles. The highest BCUT2D eigenvalue weighted by molar-refractivity contribution is 7.92. The van der Waals surface area contributed by atoms with Crippen LogP contribution in [0.2, 0.25) is 0 Å². The summed E-state index contributed by atoms with van der Waals surface area (Å²) < 4.78 is 26.0. The lowest BCUT2D eigenvalue weighted by Gasteiger charge is -2.30. The fraction of sp³-hybridized carbons (Fsp3) is 0.421. The maximum Gasteiger partial charge on any atom is 0.240 e. The van der Waals surface area contributed by atoms with Gasteiger partial charge >= 0.3 is 0 Å². The highest BCUT2D eigenvalue weighted by atomic mass is 32.2. The van der Waals surface area contributed by atoms with E-state index in [0.29, 0.717) is 5.69 Å². The second kappa shape index (κ2) is 7.63. The zero-order valence-electron chi connectivity index (χ0n) is 15.2. The molecule has 2 aromatic rings. The molecule has 0 bridgehead atoms. The molecule has 1 heterocycles. The summed E-state index contributed by atoms with van der Waals surface area (Å²) in [6.07, 6.45) is 2.91. The number of rotatable bonds is 5. The van der Waals surface area contributed by atoms with E-state index in [1.165, 1.54) is 4.31 Å². The van der Waals surface area contributed by atoms with Gasteiger partial charge in [-0.1, -0.05) is 36.4 Å². The van der Waals surface area contributed by atoms with Gasteiger partial charge in [-0.3, -0.25) is 9.10 Å². The maximum atomic E-state index is 12.5. The SMILES string of the molecule is CN1CCC(NC(=O)CN(c2cccc3ccccc23)S(C)(=O)=O)CC1. The summed E-state index contributed by atoms with van der Waals surface area (Å²) in [4.78, 5) is 14.8. The van der Waals surface area contributed by atoms with Gasteiger partial charge in [0.15, 0.2) is 0 Å². The number of piperidine rings is 1. The van der Waals surface area contributed by atoms with Gasteiger partial charge < -0.3 is 10.2 Å². The van der Waals surface area contributed by atoms with Crippen molar-refractivity contribution in [1.29, 1.82) is 0 Å². The number of benzene rings is 2. The van der Waals surface area contributed by atoms with E-state index < -0.39 is 10.0 Å². The first-order chi connectivity index (χ1) is 12.3. The molecule has 1 aliphatic heterocycles. The van der Waals surface area contributed by atoms with Crippen LogP contribution in [0.25, 0.3) is 10.8 Å². The van der Waals surface area contributed by atoms with E-state index in [0.717, 1.165) is 43.0 Å². The molecule has 0 aliphatic carbocycles. The van der Waals surface area contributed by atoms with E-state index >= 15 is 0 Å². The monoisotopic (exact) mass is 375 g/mol. The van der Waals surface area contributed by atoms with Crippen LogP contribution in [0.1, 0.15) is 12.8 Å². The standard InChI is InChI=1S/C19H25N3O3S/c1-21-12-10-16(11-13-21)20-19(23)14-22(26(2,24)25)18-9-5-7-15-6-3-4-8-17(15)18/h3-9,16H,10-14H2,1-2H3,(H,20,23). The summed E-state index contributed by atoms with van der Waals surface area (Å²) in [5.74, 6) is -0.266. The summed E-state index contributed by atoms with van der Waals surface area (Å²) in [6.45, 7) is 1.66. The molecule has 0 unspecified atom stereocenters. The molecule has 0 atom stereocenters. The molecule has 0 spiro atoms. The number of carbonyl (C=O) groups excluding carboxylic acids is 1. The van der Waals surface area contributed by atoms with Crippen LogP contribution in [0.4, 0.5) is 5.69 Å². The van der Waals surface area contributed by atoms with Crippen molar-refractivity contribution in [3.8, 4) is 0 Å². The summed E-state index contributed by atoms with van der Waals surface area (Å²) in [5, 5.41) is 4.74. The number of nitrogens with one attached hydrogen (secondary N) is 1. The number of anilines is 1. The van der Waals surface area contributed by atoms with Gasteiger partial charge in [0.1, 0.15) is 6.54 Å². The molecule has 1 amide bonds. The van der Waals surface area contributed by atoms with Crippen LogP contribution >= 0.6 is 0 Å². The summed E-state index contributed by atoms with van der Waals surface area (Å²) in [6, 6.07) is 13.2. The van der Waals surface area contributed by atoms with Crippen molar-refractivity contribution in [3.63, 3.8) is 0 Å². The lowest BCUT2D eigenvalue weighted by Crippen LogP contribution is -2.47. The minimum Gasteiger partial charge on any atom is -0.352 e. The first-order valence-electron chi connectivity index (χ1n) is 8.78. The van der Waals surface area contributed by atoms with Crippen LogP contribution < -0.4 is 9.62 Å². The Kier molecular flexibility index (Phi) is 5.48. The second-order valence-corrected chi connectivity index (χ2v) is 8.82. The Hall–Kier alpha value is -2.12. The van der Waals surface area contributed by atoms with Crippen molar-refractivity contribution in [2.45, 2.75) is 18.9 Å². The largest absolute Gasteiger partial charge is 0.352 e. The first-order valence-corrected chi connectivity index (χ1v) is 10.6. The minimum atomic E-state index is -3.59. The van der Waals surface area contributed by atoms with E-state index in [4.69, 9.17) is 0 Å². The van der Waals surface area contributed by atoms with E-state index in [1.807, 2.05) is 36.4 Å². The van der Waals surface area contributed by atoms with Crippen molar-refractivity contribution in [2.75, 3.05) is 37.2 Å². The van der Waals surface area contributed by atoms with Crippen molar-refractivity contribution in [1.82, 2.24) is 10.2 Å². The highest BCUT2D eigenvalue weighted by Gasteiger charge is 2.25. The zero-order valence-corrected chi connectivity index (χ0v) is 16.0. The van der Waals surface area contributed by atoms with E-state index in [2.05, 4.69) is 17.3 Å². The number of carbonyl (C=O) groups is 1. The molecule has 0 radical (unpaired) electrons. The van der Waals surface area contributed by atoms with Gasteiger partial charge in [-0.25, -0.2) is 8.42 Å². The summed E-state index contributed by atoms with van der Waals surface area (Å²) in [5.41, 5.74) is 0.532. The van der Waals surface area contributed by atoms with Crippen LogP contribution in [0.3, 0.4) is 0 Å². The first kappa shape index (κ1) is 18.7.